The number of hydrazine groups is 1. The number of benzene rings is 1. The van der Waals surface area contributed by atoms with E-state index in [1.165, 1.54) is 10.5 Å². The van der Waals surface area contributed by atoms with Crippen molar-refractivity contribution in [1.29, 1.82) is 0 Å². The lowest BCUT2D eigenvalue weighted by Gasteiger charge is -2.16. The van der Waals surface area contributed by atoms with Crippen molar-refractivity contribution in [2.75, 3.05) is 34.6 Å². The normalized spacial score (nSPS) is 10.7. The molecule has 96 valence electrons. The third kappa shape index (κ3) is 3.80. The van der Waals surface area contributed by atoms with Crippen LogP contribution in [0.4, 0.5) is 0 Å². The fourth-order valence-electron chi connectivity index (χ4n) is 1.47. The molecule has 4 nitrogen and oxygen atoms in total. The van der Waals surface area contributed by atoms with E-state index in [1.54, 1.807) is 26.0 Å². The molecule has 0 atom stereocenters. The van der Waals surface area contributed by atoms with Crippen LogP contribution in [0.1, 0.15) is 5.56 Å². The van der Waals surface area contributed by atoms with E-state index >= 15 is 0 Å². The van der Waals surface area contributed by atoms with Gasteiger partial charge in [-0.3, -0.25) is 10.4 Å². The summed E-state index contributed by atoms with van der Waals surface area (Å²) in [6.07, 6.45) is 2.06. The third-order valence-corrected chi connectivity index (χ3v) is 3.19. The number of nitrogens with one attached hydrogen (secondary N) is 1. The van der Waals surface area contributed by atoms with E-state index in [2.05, 4.69) is 11.7 Å². The molecule has 0 aliphatic carbocycles. The molecule has 0 fully saturated rings. The van der Waals surface area contributed by atoms with Gasteiger partial charge in [-0.25, -0.2) is 0 Å². The second-order valence-electron chi connectivity index (χ2n) is 3.75. The monoisotopic (exact) mass is 256 g/mol. The summed E-state index contributed by atoms with van der Waals surface area (Å²) < 4.78 is 10.6. The van der Waals surface area contributed by atoms with Crippen LogP contribution in [0.2, 0.25) is 0 Å². The molecule has 5 heteroatoms. The number of hydrogen-bond acceptors (Lipinski definition) is 5. The summed E-state index contributed by atoms with van der Waals surface area (Å²) >= 11 is 1.70. The number of methoxy groups -OCH3 is 2. The zero-order valence-electron chi connectivity index (χ0n) is 11.0. The van der Waals surface area contributed by atoms with Gasteiger partial charge in [0, 0.05) is 25.5 Å². The first-order valence-corrected chi connectivity index (χ1v) is 6.54. The minimum atomic E-state index is 0.765. The Morgan fingerprint density at radius 3 is 2.24 bits per heavy atom. The van der Waals surface area contributed by atoms with Crippen LogP contribution in [0.15, 0.2) is 17.0 Å². The molecule has 0 aliphatic heterocycles. The maximum absolute atomic E-state index is 5.31. The highest BCUT2D eigenvalue weighted by Crippen LogP contribution is 2.34. The highest BCUT2D eigenvalue weighted by molar-refractivity contribution is 7.98. The highest BCUT2D eigenvalue weighted by atomic mass is 32.2. The van der Waals surface area contributed by atoms with Gasteiger partial charge in [0.2, 0.25) is 0 Å². The van der Waals surface area contributed by atoms with Gasteiger partial charge in [0.05, 0.1) is 14.2 Å². The molecule has 0 saturated heterocycles. The lowest BCUT2D eigenvalue weighted by Crippen LogP contribution is -2.29. The lowest BCUT2D eigenvalue weighted by atomic mass is 10.2. The van der Waals surface area contributed by atoms with Gasteiger partial charge < -0.3 is 9.47 Å². The molecule has 1 rings (SSSR count). The summed E-state index contributed by atoms with van der Waals surface area (Å²) in [6.45, 7) is 0.767. The van der Waals surface area contributed by atoms with Crippen molar-refractivity contribution in [3.05, 3.63) is 17.7 Å². The number of hydrogen-bond donors (Lipinski definition) is 1. The molecule has 0 amide bonds. The van der Waals surface area contributed by atoms with E-state index < -0.39 is 0 Å². The predicted octanol–water partition coefficient (Wildman–Crippen LogP) is 1.99. The molecule has 0 saturated carbocycles. The maximum atomic E-state index is 5.31. The Hall–Kier alpha value is -0.910. The van der Waals surface area contributed by atoms with Gasteiger partial charge in [-0.15, -0.1) is 11.8 Å². The molecule has 0 unspecified atom stereocenters. The third-order valence-electron chi connectivity index (χ3n) is 2.37. The Balaban J connectivity index is 3.01. The van der Waals surface area contributed by atoms with Crippen molar-refractivity contribution in [3.8, 4) is 11.5 Å². The Morgan fingerprint density at radius 1 is 1.18 bits per heavy atom. The van der Waals surface area contributed by atoms with Crippen LogP contribution < -0.4 is 14.9 Å². The summed E-state index contributed by atoms with van der Waals surface area (Å²) in [6, 6.07) is 4.03. The molecule has 0 heterocycles. The van der Waals surface area contributed by atoms with Crippen LogP contribution in [0.5, 0.6) is 11.5 Å². The Morgan fingerprint density at radius 2 is 1.76 bits per heavy atom. The van der Waals surface area contributed by atoms with E-state index in [9.17, 15) is 0 Å². The minimum Gasteiger partial charge on any atom is -0.493 e. The summed E-state index contributed by atoms with van der Waals surface area (Å²) in [5.41, 5.74) is 4.45. The van der Waals surface area contributed by atoms with Crippen LogP contribution in [0.25, 0.3) is 0 Å². The predicted molar refractivity (Wildman–Crippen MR) is 71.9 cm³/mol. The standard InChI is InChI=1S/C12H20N2O2S/c1-14(2)13-8-9-6-10(15-3)11(16-4)7-12(9)17-5/h6-7,13H,8H2,1-5H3. The van der Waals surface area contributed by atoms with Gasteiger partial charge >= 0.3 is 0 Å². The molecule has 0 radical (unpaired) electrons. The van der Waals surface area contributed by atoms with E-state index in [4.69, 9.17) is 9.47 Å². The van der Waals surface area contributed by atoms with Gasteiger partial charge in [-0.2, -0.15) is 0 Å². The molecule has 1 N–H and O–H groups in total. The van der Waals surface area contributed by atoms with Gasteiger partial charge in [0.15, 0.2) is 11.5 Å². The average Bonchev–Trinajstić information content (AvgIpc) is 2.34. The first kappa shape index (κ1) is 14.2. The largest absolute Gasteiger partial charge is 0.493 e. The topological polar surface area (TPSA) is 33.7 Å². The van der Waals surface area contributed by atoms with Gasteiger partial charge in [0.25, 0.3) is 0 Å². The van der Waals surface area contributed by atoms with E-state index in [1.807, 2.05) is 31.2 Å². The number of rotatable bonds is 6. The van der Waals surface area contributed by atoms with Crippen molar-refractivity contribution in [3.63, 3.8) is 0 Å². The molecular weight excluding hydrogens is 236 g/mol. The van der Waals surface area contributed by atoms with Crippen LogP contribution in [-0.2, 0) is 6.54 Å². The summed E-state index contributed by atoms with van der Waals surface area (Å²) in [5, 5.41) is 1.93. The van der Waals surface area contributed by atoms with Gasteiger partial charge in [-0.05, 0) is 24.0 Å². The second-order valence-corrected chi connectivity index (χ2v) is 4.60. The fraction of sp³-hybridized carbons (Fsp3) is 0.500. The molecular formula is C12H20N2O2S. The SMILES string of the molecule is COc1cc(CNN(C)C)c(SC)cc1OC. The van der Waals surface area contributed by atoms with Crippen molar-refractivity contribution >= 4 is 11.8 Å². The highest BCUT2D eigenvalue weighted by Gasteiger charge is 2.10. The second kappa shape index (κ2) is 6.74. The number of nitrogens with zero attached hydrogens (tertiary/aromatic N) is 1. The summed E-state index contributed by atoms with van der Waals surface area (Å²) in [5.74, 6) is 1.53. The van der Waals surface area contributed by atoms with Crippen LogP contribution >= 0.6 is 11.8 Å². The number of ether oxygens (including phenoxy) is 2. The molecule has 1 aromatic carbocycles. The quantitative estimate of drug-likeness (QED) is 0.622. The Kier molecular flexibility index (Phi) is 5.61. The Labute approximate surface area is 107 Å². The summed E-state index contributed by atoms with van der Waals surface area (Å²) in [4.78, 5) is 1.19. The van der Waals surface area contributed by atoms with Crippen molar-refractivity contribution < 1.29 is 9.47 Å². The van der Waals surface area contributed by atoms with E-state index in [-0.39, 0.29) is 0 Å². The first-order valence-electron chi connectivity index (χ1n) is 5.32. The van der Waals surface area contributed by atoms with Gasteiger partial charge in [0.1, 0.15) is 0 Å². The number of thioether (sulfide) groups is 1. The summed E-state index contributed by atoms with van der Waals surface area (Å²) in [7, 11) is 7.25. The maximum Gasteiger partial charge on any atom is 0.161 e. The van der Waals surface area contributed by atoms with Crippen LogP contribution in [-0.4, -0.2) is 39.6 Å². The van der Waals surface area contributed by atoms with Crippen LogP contribution in [0, 0.1) is 0 Å². The average molecular weight is 256 g/mol. The van der Waals surface area contributed by atoms with Crippen molar-refractivity contribution in [1.82, 2.24) is 10.4 Å². The zero-order valence-corrected chi connectivity index (χ0v) is 11.9. The fourth-order valence-corrected chi connectivity index (χ4v) is 2.09. The van der Waals surface area contributed by atoms with E-state index in [0.29, 0.717) is 0 Å². The molecule has 0 bridgehead atoms. The van der Waals surface area contributed by atoms with E-state index in [0.717, 1.165) is 18.0 Å². The van der Waals surface area contributed by atoms with Crippen LogP contribution in [0.3, 0.4) is 0 Å². The van der Waals surface area contributed by atoms with Crippen molar-refractivity contribution in [2.45, 2.75) is 11.4 Å². The molecule has 17 heavy (non-hydrogen) atoms. The molecule has 0 spiro atoms. The van der Waals surface area contributed by atoms with Crippen molar-refractivity contribution in [2.24, 2.45) is 0 Å². The molecule has 1 aromatic rings. The van der Waals surface area contributed by atoms with Gasteiger partial charge in [-0.1, -0.05) is 0 Å². The molecule has 0 aromatic heterocycles. The lowest BCUT2D eigenvalue weighted by molar-refractivity contribution is 0.284. The minimum absolute atomic E-state index is 0.765. The Bertz CT molecular complexity index is 370. The zero-order chi connectivity index (χ0) is 12.8. The smallest absolute Gasteiger partial charge is 0.161 e. The molecule has 0 aliphatic rings. The first-order chi connectivity index (χ1) is 8.12.